The van der Waals surface area contributed by atoms with E-state index in [4.69, 9.17) is 9.47 Å². The smallest absolute Gasteiger partial charge is 0.106 e. The van der Waals surface area contributed by atoms with Crippen molar-refractivity contribution in [3.8, 4) is 0 Å². The molecule has 0 saturated carbocycles. The minimum absolute atomic E-state index is 0.0544. The lowest BCUT2D eigenvalue weighted by Crippen LogP contribution is -2.43. The number of methoxy groups -OCH3 is 1. The second-order valence-electron chi connectivity index (χ2n) is 5.49. The van der Waals surface area contributed by atoms with E-state index in [0.717, 1.165) is 32.7 Å². The summed E-state index contributed by atoms with van der Waals surface area (Å²) in [5, 5.41) is 3.52. The number of hydrogen-bond donors (Lipinski definition) is 1. The van der Waals surface area contributed by atoms with Gasteiger partial charge in [-0.2, -0.15) is 0 Å². The lowest BCUT2D eigenvalue weighted by Gasteiger charge is -2.26. The van der Waals surface area contributed by atoms with Crippen LogP contribution in [0, 0.1) is 0 Å². The van der Waals surface area contributed by atoms with Gasteiger partial charge in [-0.25, -0.2) is 0 Å². The van der Waals surface area contributed by atoms with E-state index in [9.17, 15) is 0 Å². The molecule has 0 aromatic heterocycles. The Balaban J connectivity index is 1.89. The lowest BCUT2D eigenvalue weighted by atomic mass is 10.0. The molecule has 3 nitrogen and oxygen atoms in total. The first-order valence-corrected chi connectivity index (χ1v) is 7.66. The van der Waals surface area contributed by atoms with Crippen LogP contribution in [0.15, 0.2) is 0 Å². The third kappa shape index (κ3) is 6.17. The van der Waals surface area contributed by atoms with Gasteiger partial charge in [0.15, 0.2) is 0 Å². The van der Waals surface area contributed by atoms with Gasteiger partial charge in [0.1, 0.15) is 5.60 Å². The van der Waals surface area contributed by atoms with Crippen LogP contribution < -0.4 is 5.32 Å². The van der Waals surface area contributed by atoms with E-state index < -0.39 is 0 Å². The number of rotatable bonds is 11. The normalized spacial score (nSPS) is 23.7. The fourth-order valence-corrected chi connectivity index (χ4v) is 2.48. The Kier molecular flexibility index (Phi) is 8.64. The molecule has 1 atom stereocenters. The first-order valence-electron chi connectivity index (χ1n) is 7.66. The molecule has 1 N–H and O–H groups in total. The Hall–Kier alpha value is -0.120. The molecule has 0 bridgehead atoms. The largest absolute Gasteiger partial charge is 0.378 e. The van der Waals surface area contributed by atoms with Crippen LogP contribution in [-0.4, -0.2) is 39.0 Å². The Labute approximate surface area is 113 Å². The molecule has 1 saturated heterocycles. The molecular weight excluding hydrogens is 226 g/mol. The minimum atomic E-state index is -0.0544. The summed E-state index contributed by atoms with van der Waals surface area (Å²) in [4.78, 5) is 0. The summed E-state index contributed by atoms with van der Waals surface area (Å²) in [7, 11) is 1.80. The molecule has 0 aromatic rings. The molecule has 108 valence electrons. The van der Waals surface area contributed by atoms with E-state index in [2.05, 4.69) is 12.2 Å². The quantitative estimate of drug-likeness (QED) is 0.577. The first kappa shape index (κ1) is 15.9. The highest BCUT2D eigenvalue weighted by atomic mass is 16.5. The second kappa shape index (κ2) is 9.76. The molecule has 1 unspecified atom stereocenters. The summed E-state index contributed by atoms with van der Waals surface area (Å²) >= 11 is 0. The summed E-state index contributed by atoms with van der Waals surface area (Å²) in [6.07, 6.45) is 10.6. The van der Waals surface area contributed by atoms with E-state index >= 15 is 0 Å². The molecule has 0 aromatic carbocycles. The van der Waals surface area contributed by atoms with E-state index in [1.807, 2.05) is 0 Å². The average molecular weight is 257 g/mol. The van der Waals surface area contributed by atoms with Gasteiger partial charge in [0.2, 0.25) is 0 Å². The van der Waals surface area contributed by atoms with Crippen molar-refractivity contribution in [2.45, 2.75) is 63.9 Å². The fraction of sp³-hybridized carbons (Fsp3) is 1.00. The van der Waals surface area contributed by atoms with Crippen LogP contribution in [0.2, 0.25) is 0 Å². The van der Waals surface area contributed by atoms with Crippen molar-refractivity contribution in [2.24, 2.45) is 0 Å². The number of ether oxygens (including phenoxy) is 2. The third-order valence-electron chi connectivity index (χ3n) is 3.90. The molecule has 1 heterocycles. The lowest BCUT2D eigenvalue weighted by molar-refractivity contribution is -0.0156. The molecule has 0 amide bonds. The third-order valence-corrected chi connectivity index (χ3v) is 3.90. The van der Waals surface area contributed by atoms with Crippen molar-refractivity contribution in [1.29, 1.82) is 0 Å². The Bertz CT molecular complexity index is 191. The zero-order valence-corrected chi connectivity index (χ0v) is 12.3. The minimum Gasteiger partial charge on any atom is -0.378 e. The maximum Gasteiger partial charge on any atom is 0.106 e. The van der Waals surface area contributed by atoms with Crippen LogP contribution in [-0.2, 0) is 9.47 Å². The predicted octanol–water partition coefficient (Wildman–Crippen LogP) is 3.13. The van der Waals surface area contributed by atoms with Crippen molar-refractivity contribution in [1.82, 2.24) is 5.32 Å². The van der Waals surface area contributed by atoms with Gasteiger partial charge in [0.05, 0.1) is 6.61 Å². The molecule has 0 spiro atoms. The Morgan fingerprint density at radius 1 is 1.11 bits per heavy atom. The summed E-state index contributed by atoms with van der Waals surface area (Å²) in [6.45, 7) is 5.89. The van der Waals surface area contributed by atoms with Gasteiger partial charge in [0, 0.05) is 26.7 Å². The summed E-state index contributed by atoms with van der Waals surface area (Å²) in [5.41, 5.74) is -0.0544. The second-order valence-corrected chi connectivity index (χ2v) is 5.49. The Morgan fingerprint density at radius 3 is 2.44 bits per heavy atom. The van der Waals surface area contributed by atoms with Crippen LogP contribution in [0.1, 0.15) is 58.3 Å². The van der Waals surface area contributed by atoms with E-state index in [1.165, 1.54) is 44.9 Å². The predicted molar refractivity (Wildman–Crippen MR) is 76.0 cm³/mol. The van der Waals surface area contributed by atoms with Crippen LogP contribution in [0.25, 0.3) is 0 Å². The average Bonchev–Trinajstić information content (AvgIpc) is 2.86. The van der Waals surface area contributed by atoms with Gasteiger partial charge in [-0.15, -0.1) is 0 Å². The number of hydrogen-bond acceptors (Lipinski definition) is 3. The van der Waals surface area contributed by atoms with Crippen LogP contribution >= 0.6 is 0 Å². The molecular formula is C15H31NO2. The van der Waals surface area contributed by atoms with Crippen LogP contribution in [0.5, 0.6) is 0 Å². The maximum atomic E-state index is 5.58. The zero-order valence-electron chi connectivity index (χ0n) is 12.3. The zero-order chi connectivity index (χ0) is 13.1. The van der Waals surface area contributed by atoms with E-state index in [0.29, 0.717) is 0 Å². The van der Waals surface area contributed by atoms with Crippen LogP contribution in [0.4, 0.5) is 0 Å². The SMILES string of the molecule is CCCCCCCCCNCC1(OC)CCOC1. The van der Waals surface area contributed by atoms with Gasteiger partial charge in [0.25, 0.3) is 0 Å². The van der Waals surface area contributed by atoms with Gasteiger partial charge in [-0.1, -0.05) is 45.4 Å². The van der Waals surface area contributed by atoms with E-state index in [-0.39, 0.29) is 5.60 Å². The summed E-state index contributed by atoms with van der Waals surface area (Å²) < 4.78 is 11.0. The first-order chi connectivity index (χ1) is 8.83. The summed E-state index contributed by atoms with van der Waals surface area (Å²) in [5.74, 6) is 0. The monoisotopic (exact) mass is 257 g/mol. The molecule has 0 aliphatic carbocycles. The van der Waals surface area contributed by atoms with Gasteiger partial charge in [-0.05, 0) is 13.0 Å². The van der Waals surface area contributed by atoms with Gasteiger partial charge < -0.3 is 14.8 Å². The van der Waals surface area contributed by atoms with Crippen molar-refractivity contribution >= 4 is 0 Å². The van der Waals surface area contributed by atoms with Gasteiger partial charge in [-0.3, -0.25) is 0 Å². The standard InChI is InChI=1S/C15H31NO2/c1-3-4-5-6-7-8-9-11-16-13-15(17-2)10-12-18-14-15/h16H,3-14H2,1-2H3. The Morgan fingerprint density at radius 2 is 1.83 bits per heavy atom. The van der Waals surface area contributed by atoms with Gasteiger partial charge >= 0.3 is 0 Å². The molecule has 1 fully saturated rings. The van der Waals surface area contributed by atoms with Crippen molar-refractivity contribution in [3.63, 3.8) is 0 Å². The topological polar surface area (TPSA) is 30.5 Å². The highest BCUT2D eigenvalue weighted by Gasteiger charge is 2.34. The molecule has 0 radical (unpaired) electrons. The van der Waals surface area contributed by atoms with Crippen molar-refractivity contribution in [2.75, 3.05) is 33.4 Å². The van der Waals surface area contributed by atoms with Crippen LogP contribution in [0.3, 0.4) is 0 Å². The fourth-order valence-electron chi connectivity index (χ4n) is 2.48. The van der Waals surface area contributed by atoms with Crippen molar-refractivity contribution in [3.05, 3.63) is 0 Å². The maximum absolute atomic E-state index is 5.58. The molecule has 1 aliphatic rings. The highest BCUT2D eigenvalue weighted by Crippen LogP contribution is 2.21. The molecule has 3 heteroatoms. The number of unbranched alkanes of at least 4 members (excludes halogenated alkanes) is 6. The summed E-state index contributed by atoms with van der Waals surface area (Å²) in [6, 6.07) is 0. The number of nitrogens with one attached hydrogen (secondary N) is 1. The van der Waals surface area contributed by atoms with E-state index in [1.54, 1.807) is 7.11 Å². The molecule has 1 rings (SSSR count). The molecule has 18 heavy (non-hydrogen) atoms. The highest BCUT2D eigenvalue weighted by molar-refractivity contribution is 4.86. The molecule has 1 aliphatic heterocycles. The van der Waals surface area contributed by atoms with Crippen molar-refractivity contribution < 1.29 is 9.47 Å².